The SMILES string of the molecule is CC(C)C(c1ccc(N2CCNCC2)cn1)C(C)C. The first-order valence-corrected chi connectivity index (χ1v) is 7.51. The highest BCUT2D eigenvalue weighted by atomic mass is 15.2. The minimum atomic E-state index is 0.553. The van der Waals surface area contributed by atoms with E-state index < -0.39 is 0 Å². The van der Waals surface area contributed by atoms with Crippen molar-refractivity contribution in [3.63, 3.8) is 0 Å². The van der Waals surface area contributed by atoms with Crippen LogP contribution in [0.3, 0.4) is 0 Å². The first kappa shape index (κ1) is 14.3. The fourth-order valence-electron chi connectivity index (χ4n) is 3.16. The van der Waals surface area contributed by atoms with Crippen molar-refractivity contribution in [2.24, 2.45) is 11.8 Å². The maximum atomic E-state index is 4.73. The maximum Gasteiger partial charge on any atom is 0.0553 e. The molecular formula is C16H27N3. The molecule has 0 aliphatic carbocycles. The van der Waals surface area contributed by atoms with Gasteiger partial charge in [0.2, 0.25) is 0 Å². The summed E-state index contributed by atoms with van der Waals surface area (Å²) in [6.07, 6.45) is 2.05. The van der Waals surface area contributed by atoms with E-state index in [1.807, 2.05) is 0 Å². The molecule has 3 heteroatoms. The minimum absolute atomic E-state index is 0.553. The van der Waals surface area contributed by atoms with Gasteiger partial charge in [0.05, 0.1) is 11.9 Å². The van der Waals surface area contributed by atoms with E-state index in [1.165, 1.54) is 11.4 Å². The predicted octanol–water partition coefficient (Wildman–Crippen LogP) is 2.89. The highest BCUT2D eigenvalue weighted by Crippen LogP contribution is 2.31. The molecular weight excluding hydrogens is 234 g/mol. The third-order valence-electron chi connectivity index (χ3n) is 4.03. The Bertz CT molecular complexity index is 369. The molecule has 1 aromatic rings. The molecule has 1 saturated heterocycles. The zero-order chi connectivity index (χ0) is 13.8. The monoisotopic (exact) mass is 261 g/mol. The normalized spacial score (nSPS) is 16.7. The van der Waals surface area contributed by atoms with Gasteiger partial charge in [0, 0.05) is 37.8 Å². The van der Waals surface area contributed by atoms with E-state index in [4.69, 9.17) is 4.98 Å². The van der Waals surface area contributed by atoms with Gasteiger partial charge in [0.25, 0.3) is 0 Å². The van der Waals surface area contributed by atoms with E-state index in [-0.39, 0.29) is 0 Å². The van der Waals surface area contributed by atoms with Crippen molar-refractivity contribution in [1.29, 1.82) is 0 Å². The number of pyridine rings is 1. The molecule has 0 unspecified atom stereocenters. The van der Waals surface area contributed by atoms with Crippen LogP contribution >= 0.6 is 0 Å². The Hall–Kier alpha value is -1.09. The Kier molecular flexibility index (Phi) is 4.81. The molecule has 0 radical (unpaired) electrons. The van der Waals surface area contributed by atoms with Crippen LogP contribution in [0.25, 0.3) is 0 Å². The number of aromatic nitrogens is 1. The van der Waals surface area contributed by atoms with Gasteiger partial charge in [-0.3, -0.25) is 4.98 Å². The van der Waals surface area contributed by atoms with Crippen molar-refractivity contribution in [1.82, 2.24) is 10.3 Å². The lowest BCUT2D eigenvalue weighted by atomic mass is 9.83. The van der Waals surface area contributed by atoms with Crippen molar-refractivity contribution < 1.29 is 0 Å². The van der Waals surface area contributed by atoms with Crippen molar-refractivity contribution >= 4 is 5.69 Å². The predicted molar refractivity (Wildman–Crippen MR) is 81.7 cm³/mol. The fourth-order valence-corrected chi connectivity index (χ4v) is 3.16. The van der Waals surface area contributed by atoms with Gasteiger partial charge in [0.15, 0.2) is 0 Å². The molecule has 1 N–H and O–H groups in total. The molecule has 0 aromatic carbocycles. The largest absolute Gasteiger partial charge is 0.368 e. The lowest BCUT2D eigenvalue weighted by Gasteiger charge is -2.30. The van der Waals surface area contributed by atoms with Gasteiger partial charge in [0.1, 0.15) is 0 Å². The summed E-state index contributed by atoms with van der Waals surface area (Å²) in [6.45, 7) is 13.5. The van der Waals surface area contributed by atoms with Crippen LogP contribution in [0.5, 0.6) is 0 Å². The topological polar surface area (TPSA) is 28.2 Å². The van der Waals surface area contributed by atoms with E-state index >= 15 is 0 Å². The third-order valence-corrected chi connectivity index (χ3v) is 4.03. The Morgan fingerprint density at radius 2 is 1.68 bits per heavy atom. The lowest BCUT2D eigenvalue weighted by molar-refractivity contribution is 0.380. The third kappa shape index (κ3) is 3.47. The van der Waals surface area contributed by atoms with Crippen LogP contribution in [-0.4, -0.2) is 31.2 Å². The zero-order valence-electron chi connectivity index (χ0n) is 12.7. The van der Waals surface area contributed by atoms with E-state index in [9.17, 15) is 0 Å². The summed E-state index contributed by atoms with van der Waals surface area (Å²) in [7, 11) is 0. The molecule has 2 heterocycles. The van der Waals surface area contributed by atoms with Gasteiger partial charge in [-0.05, 0) is 24.0 Å². The van der Waals surface area contributed by atoms with Crippen LogP contribution in [0, 0.1) is 11.8 Å². The summed E-state index contributed by atoms with van der Waals surface area (Å²) in [5.74, 6) is 1.83. The molecule has 2 rings (SSSR count). The minimum Gasteiger partial charge on any atom is -0.368 e. The summed E-state index contributed by atoms with van der Waals surface area (Å²) in [4.78, 5) is 7.14. The second kappa shape index (κ2) is 6.38. The lowest BCUT2D eigenvalue weighted by Crippen LogP contribution is -2.43. The van der Waals surface area contributed by atoms with Gasteiger partial charge in [-0.2, -0.15) is 0 Å². The van der Waals surface area contributed by atoms with Crippen LogP contribution < -0.4 is 10.2 Å². The van der Waals surface area contributed by atoms with Crippen LogP contribution in [0.2, 0.25) is 0 Å². The average molecular weight is 261 g/mol. The number of nitrogens with zero attached hydrogens (tertiary/aromatic N) is 2. The van der Waals surface area contributed by atoms with Gasteiger partial charge >= 0.3 is 0 Å². The molecule has 19 heavy (non-hydrogen) atoms. The van der Waals surface area contributed by atoms with E-state index in [1.54, 1.807) is 0 Å². The molecule has 0 atom stereocenters. The molecule has 1 aliphatic heterocycles. The van der Waals surface area contributed by atoms with Gasteiger partial charge < -0.3 is 10.2 Å². The molecule has 0 bridgehead atoms. The molecule has 0 spiro atoms. The number of rotatable bonds is 4. The number of anilines is 1. The van der Waals surface area contributed by atoms with Crippen molar-refractivity contribution in [3.05, 3.63) is 24.0 Å². The quantitative estimate of drug-likeness (QED) is 0.903. The maximum absolute atomic E-state index is 4.73. The number of hydrogen-bond acceptors (Lipinski definition) is 3. The van der Waals surface area contributed by atoms with Crippen LogP contribution in [0.1, 0.15) is 39.3 Å². The van der Waals surface area contributed by atoms with E-state index in [2.05, 4.69) is 56.2 Å². The number of hydrogen-bond donors (Lipinski definition) is 1. The fraction of sp³-hybridized carbons (Fsp3) is 0.688. The summed E-state index contributed by atoms with van der Waals surface area (Å²) in [5, 5.41) is 3.38. The second-order valence-corrected chi connectivity index (χ2v) is 6.19. The highest BCUT2D eigenvalue weighted by Gasteiger charge is 2.21. The molecule has 0 amide bonds. The van der Waals surface area contributed by atoms with Crippen LogP contribution in [-0.2, 0) is 0 Å². The average Bonchev–Trinajstić information content (AvgIpc) is 2.40. The number of piperazine rings is 1. The Morgan fingerprint density at radius 1 is 1.05 bits per heavy atom. The Balaban J connectivity index is 2.12. The first-order chi connectivity index (χ1) is 9.09. The molecule has 0 saturated carbocycles. The summed E-state index contributed by atoms with van der Waals surface area (Å²) in [6, 6.07) is 4.47. The van der Waals surface area contributed by atoms with Crippen LogP contribution in [0.15, 0.2) is 18.3 Å². The van der Waals surface area contributed by atoms with Crippen molar-refractivity contribution in [3.8, 4) is 0 Å². The van der Waals surface area contributed by atoms with Crippen LogP contribution in [0.4, 0.5) is 5.69 Å². The smallest absolute Gasteiger partial charge is 0.0553 e. The Labute approximate surface area is 117 Å². The van der Waals surface area contributed by atoms with Crippen molar-refractivity contribution in [2.75, 3.05) is 31.1 Å². The molecule has 1 fully saturated rings. The van der Waals surface area contributed by atoms with Crippen molar-refractivity contribution in [2.45, 2.75) is 33.6 Å². The zero-order valence-corrected chi connectivity index (χ0v) is 12.7. The molecule has 106 valence electrons. The standard InChI is InChI=1S/C16H27N3/c1-12(2)16(13(3)4)15-6-5-14(11-18-15)19-9-7-17-8-10-19/h5-6,11-13,16-17H,7-10H2,1-4H3. The van der Waals surface area contributed by atoms with E-state index in [0.717, 1.165) is 26.2 Å². The number of nitrogens with one attached hydrogen (secondary N) is 1. The summed E-state index contributed by atoms with van der Waals surface area (Å²) in [5.41, 5.74) is 2.50. The summed E-state index contributed by atoms with van der Waals surface area (Å²) >= 11 is 0. The Morgan fingerprint density at radius 3 is 2.16 bits per heavy atom. The second-order valence-electron chi connectivity index (χ2n) is 6.19. The first-order valence-electron chi connectivity index (χ1n) is 7.51. The van der Waals surface area contributed by atoms with E-state index in [0.29, 0.717) is 17.8 Å². The molecule has 1 aliphatic rings. The summed E-state index contributed by atoms with van der Waals surface area (Å²) < 4.78 is 0. The highest BCUT2D eigenvalue weighted by molar-refractivity contribution is 5.45. The van der Waals surface area contributed by atoms with Gasteiger partial charge in [-0.1, -0.05) is 27.7 Å². The van der Waals surface area contributed by atoms with Gasteiger partial charge in [-0.15, -0.1) is 0 Å². The molecule has 3 nitrogen and oxygen atoms in total. The van der Waals surface area contributed by atoms with Gasteiger partial charge in [-0.25, -0.2) is 0 Å². The molecule has 1 aromatic heterocycles.